The number of pyridine rings is 1. The van der Waals surface area contributed by atoms with E-state index in [4.69, 9.17) is 39.5 Å². The molecule has 1 fully saturated rings. The zero-order chi connectivity index (χ0) is 15.7. The fourth-order valence-corrected chi connectivity index (χ4v) is 2.84. The fourth-order valence-electron chi connectivity index (χ4n) is 2.24. The van der Waals surface area contributed by atoms with E-state index < -0.39 is 0 Å². The van der Waals surface area contributed by atoms with Crippen LogP contribution in [-0.4, -0.2) is 24.2 Å². The van der Waals surface area contributed by atoms with E-state index in [2.05, 4.69) is 10.3 Å². The van der Waals surface area contributed by atoms with Gasteiger partial charge in [-0.05, 0) is 44.2 Å². The molecule has 2 aromatic rings. The molecule has 7 heteroatoms. The van der Waals surface area contributed by atoms with Gasteiger partial charge in [-0.2, -0.15) is 0 Å². The topological polar surface area (TPSA) is 34.1 Å². The van der Waals surface area contributed by atoms with Crippen LogP contribution in [0.2, 0.25) is 15.2 Å². The van der Waals surface area contributed by atoms with Gasteiger partial charge in [0.1, 0.15) is 17.5 Å². The van der Waals surface area contributed by atoms with E-state index in [1.54, 1.807) is 24.4 Å². The van der Waals surface area contributed by atoms with Crippen LogP contribution in [0.5, 0.6) is 5.75 Å². The van der Waals surface area contributed by atoms with Crippen LogP contribution < -0.4 is 10.1 Å². The average Bonchev–Trinajstić information content (AvgIpc) is 3.30. The highest BCUT2D eigenvalue weighted by atomic mass is 35.5. The summed E-state index contributed by atoms with van der Waals surface area (Å²) in [5, 5.41) is 4.81. The molecule has 0 atom stereocenters. The Balaban J connectivity index is 0.00000192. The van der Waals surface area contributed by atoms with E-state index in [1.165, 1.54) is 0 Å². The van der Waals surface area contributed by atoms with Gasteiger partial charge in [0.05, 0.1) is 11.7 Å². The van der Waals surface area contributed by atoms with Crippen LogP contribution in [0.3, 0.4) is 0 Å². The van der Waals surface area contributed by atoms with Crippen molar-refractivity contribution in [2.75, 3.05) is 13.7 Å². The van der Waals surface area contributed by atoms with Gasteiger partial charge in [-0.15, -0.1) is 12.4 Å². The average molecular weight is 394 g/mol. The quantitative estimate of drug-likeness (QED) is 0.703. The number of benzene rings is 1. The first-order valence-corrected chi connectivity index (χ1v) is 8.09. The molecule has 3 nitrogen and oxygen atoms in total. The number of rotatable bonds is 5. The van der Waals surface area contributed by atoms with Crippen molar-refractivity contribution in [2.24, 2.45) is 0 Å². The van der Waals surface area contributed by atoms with Crippen molar-refractivity contribution in [1.82, 2.24) is 10.3 Å². The summed E-state index contributed by atoms with van der Waals surface area (Å²) in [6, 6.07) is 7.09. The van der Waals surface area contributed by atoms with Crippen LogP contribution in [0.4, 0.5) is 0 Å². The monoisotopic (exact) mass is 392 g/mol. The predicted molar refractivity (Wildman–Crippen MR) is 98.5 cm³/mol. The minimum atomic E-state index is 0. The molecule has 0 radical (unpaired) electrons. The molecule has 0 unspecified atom stereocenters. The smallest absolute Gasteiger partial charge is 0.138 e. The molecule has 0 amide bonds. The van der Waals surface area contributed by atoms with Gasteiger partial charge in [-0.3, -0.25) is 0 Å². The zero-order valence-electron chi connectivity index (χ0n) is 12.4. The lowest BCUT2D eigenvalue weighted by Gasteiger charge is -2.16. The Morgan fingerprint density at radius 3 is 2.57 bits per heavy atom. The maximum atomic E-state index is 6.24. The highest BCUT2D eigenvalue weighted by molar-refractivity contribution is 6.37. The predicted octanol–water partition coefficient (Wildman–Crippen LogP) is 5.26. The molecule has 1 heterocycles. The van der Waals surface area contributed by atoms with Crippen molar-refractivity contribution in [3.63, 3.8) is 0 Å². The minimum absolute atomic E-state index is 0. The van der Waals surface area contributed by atoms with Gasteiger partial charge in [0.2, 0.25) is 0 Å². The summed E-state index contributed by atoms with van der Waals surface area (Å²) in [4.78, 5) is 4.19. The van der Waals surface area contributed by atoms with Gasteiger partial charge in [-0.1, -0.05) is 34.8 Å². The third-order valence-electron chi connectivity index (χ3n) is 3.93. The van der Waals surface area contributed by atoms with Crippen LogP contribution in [0.1, 0.15) is 12.8 Å². The van der Waals surface area contributed by atoms with E-state index in [0.717, 1.165) is 18.4 Å². The Hall–Kier alpha value is -0.710. The molecule has 1 aromatic heterocycles. The Bertz CT molecular complexity index is 704. The molecule has 0 aliphatic heterocycles. The summed E-state index contributed by atoms with van der Waals surface area (Å²) < 4.78 is 5.85. The van der Waals surface area contributed by atoms with Crippen LogP contribution in [0.15, 0.2) is 30.5 Å². The number of nitrogens with zero attached hydrogens (tertiary/aromatic N) is 1. The molecule has 1 N–H and O–H groups in total. The summed E-state index contributed by atoms with van der Waals surface area (Å²) in [7, 11) is 1.95. The van der Waals surface area contributed by atoms with Gasteiger partial charge in [0.15, 0.2) is 0 Å². The van der Waals surface area contributed by atoms with Crippen molar-refractivity contribution >= 4 is 47.2 Å². The Morgan fingerprint density at radius 1 is 1.17 bits per heavy atom. The molecule has 23 heavy (non-hydrogen) atoms. The molecule has 0 spiro atoms. The molecule has 3 rings (SSSR count). The summed E-state index contributed by atoms with van der Waals surface area (Å²) in [6.07, 6.45) is 3.87. The summed E-state index contributed by atoms with van der Waals surface area (Å²) in [6.45, 7) is 0.607. The van der Waals surface area contributed by atoms with E-state index >= 15 is 0 Å². The van der Waals surface area contributed by atoms with Crippen molar-refractivity contribution in [1.29, 1.82) is 0 Å². The number of hydrogen-bond acceptors (Lipinski definition) is 3. The maximum Gasteiger partial charge on any atom is 0.138 e. The minimum Gasteiger partial charge on any atom is -0.490 e. The van der Waals surface area contributed by atoms with Gasteiger partial charge in [0, 0.05) is 21.2 Å². The molecule has 1 aliphatic carbocycles. The number of likely N-dealkylation sites (N-methyl/N-ethyl adjacent to an activating group) is 1. The fraction of sp³-hybridized carbons (Fsp3) is 0.312. The first kappa shape index (κ1) is 18.6. The van der Waals surface area contributed by atoms with Crippen LogP contribution in [0.25, 0.3) is 11.1 Å². The van der Waals surface area contributed by atoms with Crippen molar-refractivity contribution < 1.29 is 4.74 Å². The molecular formula is C16H16Cl4N2O. The van der Waals surface area contributed by atoms with Crippen LogP contribution in [0, 0.1) is 0 Å². The number of hydrogen-bond donors (Lipinski definition) is 1. The Kier molecular flexibility index (Phi) is 6.04. The highest BCUT2D eigenvalue weighted by Crippen LogP contribution is 2.38. The first-order chi connectivity index (χ1) is 10.5. The lowest BCUT2D eigenvalue weighted by atomic mass is 10.1. The third-order valence-corrected chi connectivity index (χ3v) is 4.80. The molecule has 1 saturated carbocycles. The third kappa shape index (κ3) is 4.23. The Labute approximate surface area is 156 Å². The lowest BCUT2D eigenvalue weighted by molar-refractivity contribution is 0.259. The second-order valence-corrected chi connectivity index (χ2v) is 6.65. The van der Waals surface area contributed by atoms with Gasteiger partial charge in [0.25, 0.3) is 0 Å². The SMILES string of the molecule is CNC1(COc2cnc(Cl)c(-c3cc(Cl)ccc3Cl)c2)CC1.Cl. The largest absolute Gasteiger partial charge is 0.490 e. The number of aromatic nitrogens is 1. The van der Waals surface area contributed by atoms with Crippen molar-refractivity contribution in [3.05, 3.63) is 45.7 Å². The summed E-state index contributed by atoms with van der Waals surface area (Å²) in [5.74, 6) is 0.664. The van der Waals surface area contributed by atoms with Crippen molar-refractivity contribution in [2.45, 2.75) is 18.4 Å². The van der Waals surface area contributed by atoms with Gasteiger partial charge in [-0.25, -0.2) is 4.98 Å². The molecule has 0 saturated heterocycles. The van der Waals surface area contributed by atoms with Gasteiger partial charge < -0.3 is 10.1 Å². The standard InChI is InChI=1S/C16H15Cl3N2O.ClH/c1-20-16(4-5-16)9-22-11-7-13(15(19)21-8-11)12-6-10(17)2-3-14(12)18;/h2-3,6-8,20H,4-5,9H2,1H3;1H. The van der Waals surface area contributed by atoms with Crippen molar-refractivity contribution in [3.8, 4) is 16.9 Å². The summed E-state index contributed by atoms with van der Waals surface area (Å²) >= 11 is 18.5. The molecule has 1 aromatic carbocycles. The lowest BCUT2D eigenvalue weighted by Crippen LogP contribution is -2.33. The van der Waals surface area contributed by atoms with Crippen LogP contribution in [-0.2, 0) is 0 Å². The van der Waals surface area contributed by atoms with E-state index in [0.29, 0.717) is 33.1 Å². The normalized spacial score (nSPS) is 15.0. The van der Waals surface area contributed by atoms with E-state index in [1.807, 2.05) is 13.1 Å². The van der Waals surface area contributed by atoms with E-state index in [9.17, 15) is 0 Å². The number of ether oxygens (including phenoxy) is 1. The maximum absolute atomic E-state index is 6.24. The second kappa shape index (κ2) is 7.45. The molecular weight excluding hydrogens is 378 g/mol. The highest BCUT2D eigenvalue weighted by Gasteiger charge is 2.41. The molecule has 124 valence electrons. The van der Waals surface area contributed by atoms with Crippen LogP contribution >= 0.6 is 47.2 Å². The molecule has 1 aliphatic rings. The number of halogens is 4. The number of nitrogens with one attached hydrogen (secondary N) is 1. The zero-order valence-corrected chi connectivity index (χ0v) is 15.5. The Morgan fingerprint density at radius 2 is 1.91 bits per heavy atom. The first-order valence-electron chi connectivity index (χ1n) is 6.96. The second-order valence-electron chi connectivity index (χ2n) is 5.45. The van der Waals surface area contributed by atoms with Gasteiger partial charge >= 0.3 is 0 Å². The molecule has 0 bridgehead atoms. The summed E-state index contributed by atoms with van der Waals surface area (Å²) in [5.41, 5.74) is 1.56. The van der Waals surface area contributed by atoms with E-state index in [-0.39, 0.29) is 17.9 Å².